The minimum atomic E-state index is -0.449. The van der Waals surface area contributed by atoms with Gasteiger partial charge in [-0.25, -0.2) is 79.0 Å². The van der Waals surface area contributed by atoms with Crippen LogP contribution in [0.2, 0.25) is 0 Å². The molecule has 0 atom stereocenters. The molecule has 144 heavy (non-hydrogen) atoms. The number of fused-ring (bicyclic) bond motifs is 4. The molecule has 17 heterocycles. The molecule has 0 fully saturated rings. The number of imidazole rings is 6. The maximum absolute atomic E-state index is 12.4. The first kappa shape index (κ1) is 89.5. The summed E-state index contributed by atoms with van der Waals surface area (Å²) in [6.07, 6.45) is 24.4. The smallest absolute Gasteiger partial charge is 0.326 e. The van der Waals surface area contributed by atoms with Gasteiger partial charge in [0.05, 0.1) is 39.2 Å². The molecule has 41 heteroatoms. The predicted molar refractivity (Wildman–Crippen MR) is 541 cm³/mol. The van der Waals surface area contributed by atoms with Gasteiger partial charge < -0.3 is 59.3 Å². The van der Waals surface area contributed by atoms with Crippen LogP contribution in [-0.2, 0) is 0 Å². The van der Waals surface area contributed by atoms with E-state index in [0.29, 0.717) is 80.0 Å². The molecule has 0 spiro atoms. The van der Waals surface area contributed by atoms with E-state index in [4.69, 9.17) is 23.1 Å². The van der Waals surface area contributed by atoms with E-state index in [2.05, 4.69) is 149 Å². The third-order valence-corrected chi connectivity index (χ3v) is 22.3. The van der Waals surface area contributed by atoms with Gasteiger partial charge in [0.15, 0.2) is 23.1 Å². The Balaban J connectivity index is 0.000000113. The van der Waals surface area contributed by atoms with Crippen LogP contribution in [0, 0.1) is 27.7 Å². The second kappa shape index (κ2) is 40.1. The molecule has 7 aromatic carbocycles. The third kappa shape index (κ3) is 20.6. The minimum Gasteiger partial charge on any atom is -0.354 e. The third-order valence-electron chi connectivity index (χ3n) is 22.3. The number of rotatable bonds is 20. The monoisotopic (exact) mass is 1910 g/mol. The fraction of sp³-hybridized carbons (Fsp3) is 0.0388. The fourth-order valence-corrected chi connectivity index (χ4v) is 15.4. The fourth-order valence-electron chi connectivity index (χ4n) is 15.4. The number of anilines is 8. The van der Waals surface area contributed by atoms with E-state index in [0.717, 1.165) is 123 Å². The Bertz CT molecular complexity index is 7670. The maximum Gasteiger partial charge on any atom is 0.326 e. The number of carbonyl (C=O) groups excluding carboxylic acids is 4. The summed E-state index contributed by atoms with van der Waals surface area (Å²) in [5, 5.41) is 39.6. The van der Waals surface area contributed by atoms with E-state index in [1.807, 2.05) is 253 Å². The highest BCUT2D eigenvalue weighted by molar-refractivity contribution is 6.03. The summed E-state index contributed by atoms with van der Waals surface area (Å²) in [6, 6.07) is 74.8. The lowest BCUT2D eigenvalue weighted by Gasteiger charge is -2.06. The van der Waals surface area contributed by atoms with Gasteiger partial charge in [0.25, 0.3) is 0 Å². The Hall–Kier alpha value is -21.1. The lowest BCUT2D eigenvalue weighted by molar-refractivity contribution is 0.260. The molecule has 17 aromatic heterocycles. The van der Waals surface area contributed by atoms with Crippen molar-refractivity contribution in [3.8, 4) is 114 Å². The van der Waals surface area contributed by atoms with Crippen LogP contribution >= 0.6 is 0 Å². The lowest BCUT2D eigenvalue weighted by Crippen LogP contribution is -2.18. The summed E-state index contributed by atoms with van der Waals surface area (Å²) in [5.74, 6) is 5.25. The Morgan fingerprint density at radius 1 is 0.292 bits per heavy atom. The first-order valence-electron chi connectivity index (χ1n) is 44.6. The van der Waals surface area contributed by atoms with Gasteiger partial charge in [0, 0.05) is 147 Å². The zero-order chi connectivity index (χ0) is 97.9. The number of hydrogen-bond acceptors (Lipinski definition) is 25. The second-order valence-corrected chi connectivity index (χ2v) is 32.5. The summed E-state index contributed by atoms with van der Waals surface area (Å²) in [6.45, 7) is 7.72. The maximum atomic E-state index is 12.4. The molecule has 0 saturated heterocycles. The van der Waals surface area contributed by atoms with Gasteiger partial charge in [0.2, 0.25) is 23.5 Å². The topological polar surface area (TPSA) is 519 Å². The molecule has 0 aliphatic rings. The number of aromatic amines is 4. The molecule has 0 bridgehead atoms. The van der Waals surface area contributed by atoms with Crippen LogP contribution in [0.15, 0.2) is 354 Å². The van der Waals surface area contributed by atoms with E-state index < -0.39 is 24.1 Å². The van der Waals surface area contributed by atoms with Crippen molar-refractivity contribution in [2.75, 3.05) is 42.5 Å². The van der Waals surface area contributed by atoms with Gasteiger partial charge in [-0.2, -0.15) is 0 Å². The molecular formula is C103H79N33O8. The van der Waals surface area contributed by atoms with Crippen LogP contribution in [0.25, 0.3) is 158 Å². The van der Waals surface area contributed by atoms with Crippen LogP contribution in [-0.4, -0.2) is 148 Å². The summed E-state index contributed by atoms with van der Waals surface area (Å²) >= 11 is 0. The quantitative estimate of drug-likeness (QED) is 0.0337. The average molecular weight is 1910 g/mol. The van der Waals surface area contributed by atoms with Crippen LogP contribution in [0.4, 0.5) is 65.5 Å². The van der Waals surface area contributed by atoms with Crippen molar-refractivity contribution in [1.82, 2.24) is 124 Å². The van der Waals surface area contributed by atoms with Crippen LogP contribution < -0.4 is 42.5 Å². The molecule has 24 aromatic rings. The largest absolute Gasteiger partial charge is 0.354 e. The zero-order valence-corrected chi connectivity index (χ0v) is 76.4. The Labute approximate surface area is 813 Å². The molecule has 0 saturated carbocycles. The van der Waals surface area contributed by atoms with E-state index in [9.17, 15) is 19.2 Å². The normalized spacial score (nSPS) is 11.0. The number of aromatic nitrogens is 25. The van der Waals surface area contributed by atoms with Crippen LogP contribution in [0.1, 0.15) is 22.8 Å². The number of hydrogen-bond donors (Lipinski definition) is 12. The van der Waals surface area contributed by atoms with E-state index in [-0.39, 0.29) is 23.5 Å². The second-order valence-electron chi connectivity index (χ2n) is 32.5. The molecule has 8 amide bonds. The van der Waals surface area contributed by atoms with Gasteiger partial charge in [-0.15, -0.1) is 0 Å². The van der Waals surface area contributed by atoms with Crippen molar-refractivity contribution in [3.63, 3.8) is 0 Å². The number of nitrogens with one attached hydrogen (secondary N) is 12. The number of aryl methyl sites for hydroxylation is 4. The molecule has 0 aliphatic carbocycles. The summed E-state index contributed by atoms with van der Waals surface area (Å²) in [7, 11) is 0. The molecular weight excluding hydrogens is 1830 g/mol. The van der Waals surface area contributed by atoms with E-state index in [1.165, 1.54) is 12.7 Å². The van der Waals surface area contributed by atoms with E-state index in [1.54, 1.807) is 111 Å². The van der Waals surface area contributed by atoms with Crippen molar-refractivity contribution in [1.29, 1.82) is 0 Å². The standard InChI is InChI=1S/C27H21N7O2.C26H20N8O2.2C25H19N9O2/c1-17-15-34(16-29-17)26-21-13-23(31-22(21)11-12-28-26)19-7-9-20(10-8-19)30-27(35)32-25-14-24(33-36-25)18-5-3-2-4-6-18;1-16-13-34(15-29-16)25-20-11-21(31-24(20)27-14-28-25)18-7-9-19(10-8-18)30-26(35)32-23-12-22(33-36-23)17-5-3-2-4-6-17;1-15-13-34(14-28-15)24-22-19(8-11-27-24)30-23(32-22)17-2-4-18(5-3-17)29-25(35)31-21-12-20(33-36-21)16-6-9-26-10-7-16;1-15-12-34(14-28-15)24-21-23(26-13-27-24)32-22(31-21)17-7-9-18(10-8-17)29-25(35)30-20-11-19(33-36-20)16-5-3-2-4-6-16/h2-16,31H,1H3,(H2,30,32,35);2-15H,1H3,(H,27,28,31)(H2,30,32,35);2-14H,1H3,(H,30,32)(H2,29,31,35);2-14H,1H3,(H2,29,30,35)(H,26,27,31,32). The molecule has 24 rings (SSSR count). The Morgan fingerprint density at radius 3 is 1.08 bits per heavy atom. The lowest BCUT2D eigenvalue weighted by atomic mass is 10.1. The van der Waals surface area contributed by atoms with Crippen molar-refractivity contribution >= 4 is 115 Å². The van der Waals surface area contributed by atoms with Crippen molar-refractivity contribution in [2.24, 2.45) is 0 Å². The van der Waals surface area contributed by atoms with Crippen molar-refractivity contribution in [3.05, 3.63) is 359 Å². The zero-order valence-electron chi connectivity index (χ0n) is 76.4. The molecule has 41 nitrogen and oxygen atoms in total. The summed E-state index contributed by atoms with van der Waals surface area (Å²) in [4.78, 5) is 120. The van der Waals surface area contributed by atoms with Gasteiger partial charge in [0.1, 0.15) is 94.9 Å². The van der Waals surface area contributed by atoms with Crippen LogP contribution in [0.3, 0.4) is 0 Å². The number of pyridine rings is 3. The van der Waals surface area contributed by atoms with Crippen molar-refractivity contribution < 1.29 is 37.3 Å². The van der Waals surface area contributed by atoms with Crippen molar-refractivity contribution in [2.45, 2.75) is 27.7 Å². The molecule has 0 radical (unpaired) electrons. The number of nitrogens with zero attached hydrogens (tertiary/aromatic N) is 21. The number of urea groups is 4. The number of H-pyrrole nitrogens is 4. The van der Waals surface area contributed by atoms with Gasteiger partial charge in [-0.3, -0.25) is 44.5 Å². The highest BCUT2D eigenvalue weighted by atomic mass is 16.5. The first-order chi connectivity index (χ1) is 70.5. The molecule has 0 unspecified atom stereocenters. The predicted octanol–water partition coefficient (Wildman–Crippen LogP) is 21.1. The van der Waals surface area contributed by atoms with Gasteiger partial charge >= 0.3 is 24.1 Å². The number of benzene rings is 7. The number of carbonyl (C=O) groups is 4. The molecule has 704 valence electrons. The highest BCUT2D eigenvalue weighted by Gasteiger charge is 2.22. The minimum absolute atomic E-state index is 0.232. The molecule has 0 aliphatic heterocycles. The van der Waals surface area contributed by atoms with Gasteiger partial charge in [-0.1, -0.05) is 136 Å². The molecule has 12 N–H and O–H groups in total. The summed E-state index contributed by atoms with van der Waals surface area (Å²) < 4.78 is 28.4. The van der Waals surface area contributed by atoms with Gasteiger partial charge in [-0.05, 0) is 148 Å². The first-order valence-corrected chi connectivity index (χ1v) is 44.6. The number of amides is 8. The Morgan fingerprint density at radius 2 is 0.653 bits per heavy atom. The van der Waals surface area contributed by atoms with Crippen LogP contribution in [0.5, 0.6) is 0 Å². The average Bonchev–Trinajstić information content (AvgIpc) is 1.65. The van der Waals surface area contributed by atoms with E-state index >= 15 is 0 Å². The summed E-state index contributed by atoms with van der Waals surface area (Å²) in [5.41, 5.74) is 22.2. The SMILES string of the molecule is Cc1cn(-c2nccc3[nH]c(-c4ccc(NC(=O)Nc5cc(-c6ccccc6)no5)cc4)cc23)cn1.Cc1cn(-c2nccc3[nH]c(-c4ccc(NC(=O)Nc5cc(-c6ccncc6)no5)cc4)nc23)cn1.Cc1cn(-c2ncnc3[nH]c(-c4ccc(NC(=O)Nc5cc(-c6ccccc6)no5)cc4)cc23)cn1.Cc1cn(-c2ncnc3nc(-c4ccc(NC(=O)Nc5cc(-c6ccccc6)no5)cc4)[nH]c23)cn1. The highest BCUT2D eigenvalue weighted by Crippen LogP contribution is 2.35. The Kier molecular flexibility index (Phi) is 24.9.